The zero-order valence-corrected chi connectivity index (χ0v) is 17.0. The van der Waals surface area contributed by atoms with Crippen LogP contribution in [-0.2, 0) is 13.5 Å². The summed E-state index contributed by atoms with van der Waals surface area (Å²) in [6, 6.07) is 6.15. The first kappa shape index (κ1) is 17.9. The topological polar surface area (TPSA) is 60.2 Å². The normalized spacial score (nSPS) is 17.8. The van der Waals surface area contributed by atoms with E-state index in [9.17, 15) is 4.79 Å². The quantitative estimate of drug-likeness (QED) is 0.691. The molecule has 1 saturated heterocycles. The van der Waals surface area contributed by atoms with Gasteiger partial charge in [0.15, 0.2) is 0 Å². The smallest absolute Gasteiger partial charge is 0.257 e. The van der Waals surface area contributed by atoms with Gasteiger partial charge in [0.05, 0.1) is 24.0 Å². The van der Waals surface area contributed by atoms with Crippen molar-refractivity contribution in [1.29, 1.82) is 0 Å². The minimum absolute atomic E-state index is 0.0920. The molecule has 1 amide bonds. The molecule has 6 heteroatoms. The Bertz CT molecular complexity index is 1100. The van der Waals surface area contributed by atoms with E-state index in [0.717, 1.165) is 53.1 Å². The number of hydrogen-bond acceptors (Lipinski definition) is 4. The molecular weight excluding hydrogens is 364 g/mol. The molecule has 2 aliphatic heterocycles. The SMILES string of the molecule is Cc1c(Cc2ccc(-c3cnn(C)c3)nc2)cc2c(c1C)O[C@H]1CCN(C1)C2=O. The van der Waals surface area contributed by atoms with Crippen LogP contribution in [0.5, 0.6) is 5.75 Å². The van der Waals surface area contributed by atoms with Gasteiger partial charge in [-0.15, -0.1) is 0 Å². The van der Waals surface area contributed by atoms with Crippen molar-refractivity contribution in [2.24, 2.45) is 7.05 Å². The summed E-state index contributed by atoms with van der Waals surface area (Å²) in [6.07, 6.45) is 7.45. The van der Waals surface area contributed by atoms with Gasteiger partial charge in [-0.25, -0.2) is 0 Å². The van der Waals surface area contributed by atoms with Gasteiger partial charge in [-0.3, -0.25) is 14.5 Å². The first-order chi connectivity index (χ1) is 14.0. The third-order valence-electron chi connectivity index (χ3n) is 6.12. The van der Waals surface area contributed by atoms with Crippen molar-refractivity contribution in [3.63, 3.8) is 0 Å². The standard InChI is InChI=1S/C23H24N4O2/c1-14-15(2)22-20(23(28)27-7-6-19(13-27)29-22)9-17(14)8-16-4-5-21(24-10-16)18-11-25-26(3)12-18/h4-5,9-12,19H,6-8,13H2,1-3H3/t19-/m0/s1. The van der Waals surface area contributed by atoms with E-state index < -0.39 is 0 Å². The molecule has 5 rings (SSSR count). The molecule has 4 heterocycles. The minimum Gasteiger partial charge on any atom is -0.487 e. The van der Waals surface area contributed by atoms with E-state index in [2.05, 4.69) is 30.0 Å². The lowest BCUT2D eigenvalue weighted by molar-refractivity contribution is 0.0792. The summed E-state index contributed by atoms with van der Waals surface area (Å²) in [5, 5.41) is 4.21. The fourth-order valence-corrected chi connectivity index (χ4v) is 4.27. The molecule has 1 atom stereocenters. The number of amides is 1. The Hall–Kier alpha value is -3.15. The van der Waals surface area contributed by atoms with Gasteiger partial charge in [-0.05, 0) is 54.7 Å². The molecule has 1 aromatic carbocycles. The molecule has 0 spiro atoms. The second-order valence-electron chi connectivity index (χ2n) is 8.07. The molecule has 3 aromatic rings. The molecular formula is C23H24N4O2. The molecule has 29 heavy (non-hydrogen) atoms. The van der Waals surface area contributed by atoms with Crippen LogP contribution in [0.15, 0.2) is 36.8 Å². The highest BCUT2D eigenvalue weighted by Crippen LogP contribution is 2.36. The highest BCUT2D eigenvalue weighted by atomic mass is 16.5. The molecule has 1 fully saturated rings. The third kappa shape index (κ3) is 3.09. The van der Waals surface area contributed by atoms with Gasteiger partial charge in [0.25, 0.3) is 5.91 Å². The van der Waals surface area contributed by atoms with Crippen LogP contribution >= 0.6 is 0 Å². The molecule has 0 N–H and O–H groups in total. The van der Waals surface area contributed by atoms with Crippen LogP contribution in [-0.4, -0.2) is 44.8 Å². The second kappa shape index (κ2) is 6.72. The van der Waals surface area contributed by atoms with Crippen LogP contribution in [0.4, 0.5) is 0 Å². The Labute approximate surface area is 170 Å². The highest BCUT2D eigenvalue weighted by molar-refractivity contribution is 5.98. The number of carbonyl (C=O) groups is 1. The monoisotopic (exact) mass is 388 g/mol. The Morgan fingerprint density at radius 1 is 1.21 bits per heavy atom. The summed E-state index contributed by atoms with van der Waals surface area (Å²) in [6.45, 7) is 5.65. The first-order valence-electron chi connectivity index (χ1n) is 10.0. The Kier molecular flexibility index (Phi) is 4.15. The average Bonchev–Trinajstić information content (AvgIpc) is 3.33. The second-order valence-corrected chi connectivity index (χ2v) is 8.07. The Morgan fingerprint density at radius 2 is 2.07 bits per heavy atom. The molecule has 148 valence electrons. The van der Waals surface area contributed by atoms with Gasteiger partial charge in [0.2, 0.25) is 0 Å². The summed E-state index contributed by atoms with van der Waals surface area (Å²) in [5.74, 6) is 0.864. The number of aryl methyl sites for hydroxylation is 1. The van der Waals surface area contributed by atoms with Crippen LogP contribution in [0.1, 0.15) is 39.0 Å². The summed E-state index contributed by atoms with van der Waals surface area (Å²) in [5.41, 5.74) is 7.12. The maximum atomic E-state index is 13.0. The Balaban J connectivity index is 1.47. The number of rotatable bonds is 3. The van der Waals surface area contributed by atoms with Gasteiger partial charge >= 0.3 is 0 Å². The predicted octanol–water partition coefficient (Wildman–Crippen LogP) is 3.30. The average molecular weight is 388 g/mol. The Morgan fingerprint density at radius 3 is 2.79 bits per heavy atom. The third-order valence-corrected chi connectivity index (χ3v) is 6.12. The van der Waals surface area contributed by atoms with Crippen LogP contribution < -0.4 is 4.74 Å². The fraction of sp³-hybridized carbons (Fsp3) is 0.348. The van der Waals surface area contributed by atoms with E-state index in [1.165, 1.54) is 5.56 Å². The fourth-order valence-electron chi connectivity index (χ4n) is 4.27. The maximum Gasteiger partial charge on any atom is 0.257 e. The van der Waals surface area contributed by atoms with Crippen molar-refractivity contribution in [2.45, 2.75) is 32.8 Å². The lowest BCUT2D eigenvalue weighted by Gasteiger charge is -2.21. The van der Waals surface area contributed by atoms with Crippen molar-refractivity contribution in [2.75, 3.05) is 13.1 Å². The lowest BCUT2D eigenvalue weighted by atomic mass is 9.93. The number of aromatic nitrogens is 3. The molecule has 2 aliphatic rings. The van der Waals surface area contributed by atoms with E-state index in [1.54, 1.807) is 4.68 Å². The number of ether oxygens (including phenoxy) is 1. The molecule has 0 saturated carbocycles. The van der Waals surface area contributed by atoms with Crippen molar-refractivity contribution in [3.05, 3.63) is 64.6 Å². The molecule has 0 unspecified atom stereocenters. The molecule has 2 bridgehead atoms. The van der Waals surface area contributed by atoms with Crippen LogP contribution in [0, 0.1) is 13.8 Å². The molecule has 0 radical (unpaired) electrons. The van der Waals surface area contributed by atoms with E-state index in [0.29, 0.717) is 12.1 Å². The minimum atomic E-state index is 0.0920. The van der Waals surface area contributed by atoms with E-state index >= 15 is 0 Å². The lowest BCUT2D eigenvalue weighted by Crippen LogP contribution is -2.28. The van der Waals surface area contributed by atoms with Crippen molar-refractivity contribution in [1.82, 2.24) is 19.7 Å². The molecule has 0 aliphatic carbocycles. The molecule has 2 aromatic heterocycles. The number of pyridine rings is 1. The number of fused-ring (bicyclic) bond motifs is 3. The maximum absolute atomic E-state index is 13.0. The van der Waals surface area contributed by atoms with E-state index in [1.807, 2.05) is 42.7 Å². The summed E-state index contributed by atoms with van der Waals surface area (Å²) in [7, 11) is 1.90. The van der Waals surface area contributed by atoms with Gasteiger partial charge in [-0.1, -0.05) is 6.07 Å². The van der Waals surface area contributed by atoms with Crippen LogP contribution in [0.25, 0.3) is 11.3 Å². The van der Waals surface area contributed by atoms with Crippen molar-refractivity contribution in [3.8, 4) is 17.0 Å². The number of hydrogen-bond donors (Lipinski definition) is 0. The number of nitrogens with zero attached hydrogens (tertiary/aromatic N) is 4. The van der Waals surface area contributed by atoms with Gasteiger partial charge in [0.1, 0.15) is 11.9 Å². The van der Waals surface area contributed by atoms with Crippen LogP contribution in [0.2, 0.25) is 0 Å². The summed E-state index contributed by atoms with van der Waals surface area (Å²) < 4.78 is 7.99. The highest BCUT2D eigenvalue weighted by Gasteiger charge is 2.35. The summed E-state index contributed by atoms with van der Waals surface area (Å²) in [4.78, 5) is 19.5. The van der Waals surface area contributed by atoms with Gasteiger partial charge in [0, 0.05) is 38.0 Å². The van der Waals surface area contributed by atoms with Gasteiger partial charge < -0.3 is 9.64 Å². The van der Waals surface area contributed by atoms with Crippen molar-refractivity contribution < 1.29 is 9.53 Å². The summed E-state index contributed by atoms with van der Waals surface area (Å²) >= 11 is 0. The number of benzene rings is 1. The van der Waals surface area contributed by atoms with E-state index in [-0.39, 0.29) is 12.0 Å². The number of carbonyl (C=O) groups excluding carboxylic acids is 1. The van der Waals surface area contributed by atoms with Crippen molar-refractivity contribution >= 4 is 5.91 Å². The zero-order chi connectivity index (χ0) is 20.1. The van der Waals surface area contributed by atoms with Crippen LogP contribution in [0.3, 0.4) is 0 Å². The molecule has 6 nitrogen and oxygen atoms in total. The first-order valence-corrected chi connectivity index (χ1v) is 10.0. The van der Waals surface area contributed by atoms with Gasteiger partial charge in [-0.2, -0.15) is 5.10 Å². The largest absolute Gasteiger partial charge is 0.487 e. The van der Waals surface area contributed by atoms with E-state index in [4.69, 9.17) is 4.74 Å². The zero-order valence-electron chi connectivity index (χ0n) is 17.0. The predicted molar refractivity (Wildman–Crippen MR) is 110 cm³/mol.